The van der Waals surface area contributed by atoms with Crippen molar-refractivity contribution in [1.29, 1.82) is 0 Å². The average Bonchev–Trinajstić information content (AvgIpc) is 4.23. The molecule has 6 N–H and O–H groups in total. The molecule has 22 heteroatoms. The van der Waals surface area contributed by atoms with E-state index >= 15 is 0 Å². The predicted octanol–water partition coefficient (Wildman–Crippen LogP) is 8.12. The molecule has 19 nitrogen and oxygen atoms in total. The quantitative estimate of drug-likeness (QED) is 0.0679. The first-order chi connectivity index (χ1) is 34.4. The van der Waals surface area contributed by atoms with Gasteiger partial charge in [0.2, 0.25) is 11.8 Å². The zero-order chi connectivity index (χ0) is 51.4. The fourth-order valence-electron chi connectivity index (χ4n) is 9.38. The van der Waals surface area contributed by atoms with Crippen molar-refractivity contribution in [1.82, 2.24) is 54.9 Å². The topological polar surface area (TPSA) is 256 Å². The Morgan fingerprint density at radius 2 is 1.39 bits per heavy atom. The summed E-state index contributed by atoms with van der Waals surface area (Å²) in [6.45, 7) is 4.79. The highest BCUT2D eigenvalue weighted by Crippen LogP contribution is 2.36. The minimum absolute atomic E-state index is 0.186. The summed E-state index contributed by atoms with van der Waals surface area (Å²) >= 11 is 0. The summed E-state index contributed by atoms with van der Waals surface area (Å²) in [6, 6.07) is 19.5. The minimum atomic E-state index is -5.08. The van der Waals surface area contributed by atoms with Crippen LogP contribution >= 0.6 is 0 Å². The van der Waals surface area contributed by atoms with Crippen LogP contribution in [0.5, 0.6) is 0 Å². The molecular weight excluding hydrogens is 940 g/mol. The number of likely N-dealkylation sites (N-methyl/N-ethyl adjacent to an activating group) is 1. The molecule has 7 aromatic rings. The zero-order valence-electron chi connectivity index (χ0n) is 39.6. The summed E-state index contributed by atoms with van der Waals surface area (Å²) in [5.74, 6) is -2.01. The lowest BCUT2D eigenvalue weighted by atomic mass is 10.0. The van der Waals surface area contributed by atoms with Gasteiger partial charge in [0.15, 0.2) is 0 Å². The number of amides is 4. The number of para-hydroxylation sites is 1. The number of H-pyrrole nitrogens is 3. The summed E-state index contributed by atoms with van der Waals surface area (Å²) in [7, 11) is 2.73. The number of imidazole rings is 2. The number of carbonyl (C=O) groups is 5. The Kier molecular flexibility index (Phi) is 14.6. The van der Waals surface area contributed by atoms with Crippen molar-refractivity contribution in [2.75, 3.05) is 27.2 Å². The van der Waals surface area contributed by atoms with Gasteiger partial charge < -0.3 is 45.0 Å². The van der Waals surface area contributed by atoms with Gasteiger partial charge in [-0.2, -0.15) is 13.2 Å². The van der Waals surface area contributed by atoms with Crippen molar-refractivity contribution in [3.63, 3.8) is 0 Å². The molecule has 3 aromatic carbocycles. The second-order valence-corrected chi connectivity index (χ2v) is 17.9. The van der Waals surface area contributed by atoms with Gasteiger partial charge in [-0.15, -0.1) is 0 Å². The van der Waals surface area contributed by atoms with Crippen LogP contribution in [0, 0.1) is 5.92 Å². The third kappa shape index (κ3) is 10.7. The number of aliphatic carboxylic acids is 1. The number of benzene rings is 3. The average molecular weight is 992 g/mol. The van der Waals surface area contributed by atoms with Crippen LogP contribution in [0.3, 0.4) is 0 Å². The number of hydrogen-bond donors (Lipinski definition) is 6. The molecule has 6 heterocycles. The molecule has 376 valence electrons. The van der Waals surface area contributed by atoms with E-state index in [0.29, 0.717) is 42.4 Å². The maximum Gasteiger partial charge on any atom is 0.490 e. The number of fused-ring (bicyclic) bond motifs is 2. The van der Waals surface area contributed by atoms with Gasteiger partial charge >= 0.3 is 24.3 Å². The van der Waals surface area contributed by atoms with Crippen molar-refractivity contribution >= 4 is 51.9 Å². The van der Waals surface area contributed by atoms with Crippen LogP contribution < -0.4 is 5.32 Å². The third-order valence-corrected chi connectivity index (χ3v) is 13.0. The summed E-state index contributed by atoms with van der Waals surface area (Å²) in [6.07, 6.45) is 3.64. The van der Waals surface area contributed by atoms with Gasteiger partial charge in [0, 0.05) is 54.8 Å². The zero-order valence-corrected chi connectivity index (χ0v) is 39.6. The second-order valence-electron chi connectivity index (χ2n) is 17.9. The number of likely N-dealkylation sites (tertiary alicyclic amines) is 2. The molecule has 2 aliphatic heterocycles. The van der Waals surface area contributed by atoms with Crippen LogP contribution in [0.2, 0.25) is 0 Å². The van der Waals surface area contributed by atoms with Gasteiger partial charge in [0.1, 0.15) is 23.7 Å². The highest BCUT2D eigenvalue weighted by molar-refractivity contribution is 5.89. The number of nitrogens with zero attached hydrogens (tertiary/aromatic N) is 7. The van der Waals surface area contributed by atoms with E-state index in [0.717, 1.165) is 80.6 Å². The number of halogens is 3. The molecule has 4 amide bonds. The Morgan fingerprint density at radius 3 is 1.99 bits per heavy atom. The van der Waals surface area contributed by atoms with Crippen molar-refractivity contribution in [3.8, 4) is 33.8 Å². The molecule has 4 aromatic heterocycles. The molecule has 0 radical (unpaired) electrons. The first-order valence-corrected chi connectivity index (χ1v) is 23.2. The molecule has 0 saturated carbocycles. The van der Waals surface area contributed by atoms with E-state index in [-0.39, 0.29) is 29.8 Å². The highest BCUT2D eigenvalue weighted by atomic mass is 19.4. The van der Waals surface area contributed by atoms with Crippen LogP contribution in [-0.2, 0) is 25.5 Å². The Hall–Kier alpha value is -8.30. The number of nitrogens with one attached hydrogen (secondary N) is 4. The number of aromatic amines is 3. The standard InChI is InChI=1S/C48H51N11O6.C2HF3O2/c1-27(2)42(57(3)48(63)64)46(61)59-20-8-12-41(59)44-51-25-38(54-44)29-15-13-28(14-16-29)37-24-50-35-21-30(17-18-34(35)53-37)39-26-52-43(55-39)40-11-7-19-58(40)45(60)36(56-47(62)65-4)22-31-23-49-33-10-6-5-9-32(31)33;3-2(4,5)1(6)7/h5-6,9-10,13-18,21,23-27,36,40-42,49H,7-8,11-12,19-20,22H2,1-4H3,(H,51,54)(H,52,55)(H,56,62)(H,63,64);(H,6,7)/t36-,40+,41+,42+;/m1./s1. The molecule has 4 atom stereocenters. The highest BCUT2D eigenvalue weighted by Gasteiger charge is 2.41. The molecule has 72 heavy (non-hydrogen) atoms. The second kappa shape index (κ2) is 21.0. The number of alkyl carbamates (subject to hydrolysis) is 1. The van der Waals surface area contributed by atoms with Crippen LogP contribution in [0.25, 0.3) is 55.7 Å². The maximum atomic E-state index is 14.2. The number of rotatable bonds is 12. The van der Waals surface area contributed by atoms with E-state index < -0.39 is 36.4 Å². The van der Waals surface area contributed by atoms with Crippen LogP contribution in [0.4, 0.5) is 22.8 Å². The van der Waals surface area contributed by atoms with Crippen molar-refractivity contribution in [2.24, 2.45) is 5.92 Å². The Balaban J connectivity index is 0.000000923. The van der Waals surface area contributed by atoms with E-state index in [1.807, 2.05) is 86.8 Å². The molecule has 2 saturated heterocycles. The molecule has 2 aliphatic rings. The molecule has 9 rings (SSSR count). The number of aromatic nitrogens is 7. The molecule has 0 bridgehead atoms. The number of alkyl halides is 3. The predicted molar refractivity (Wildman–Crippen MR) is 257 cm³/mol. The van der Waals surface area contributed by atoms with Crippen molar-refractivity contribution < 1.29 is 52.1 Å². The van der Waals surface area contributed by atoms with E-state index in [2.05, 4.69) is 25.3 Å². The van der Waals surface area contributed by atoms with Crippen LogP contribution in [0.1, 0.15) is 68.8 Å². The normalized spacial score (nSPS) is 16.6. The van der Waals surface area contributed by atoms with E-state index in [4.69, 9.17) is 29.6 Å². The fraction of sp³-hybridized carbons (Fsp3) is 0.340. The number of hydrogen-bond acceptors (Lipinski definition) is 10. The lowest BCUT2D eigenvalue weighted by Gasteiger charge is -2.33. The largest absolute Gasteiger partial charge is 0.490 e. The Labute approximate surface area is 409 Å². The Bertz CT molecular complexity index is 3120. The maximum absolute atomic E-state index is 14.2. The smallest absolute Gasteiger partial charge is 0.475 e. The summed E-state index contributed by atoms with van der Waals surface area (Å²) < 4.78 is 36.6. The summed E-state index contributed by atoms with van der Waals surface area (Å²) in [5, 5.41) is 20.5. The van der Waals surface area contributed by atoms with Gasteiger partial charge in [-0.05, 0) is 60.9 Å². The summed E-state index contributed by atoms with van der Waals surface area (Å²) in [4.78, 5) is 94.8. The van der Waals surface area contributed by atoms with E-state index in [1.165, 1.54) is 14.2 Å². The number of carboxylic acid groups (broad SMARTS) is 2. The number of ether oxygens (including phenoxy) is 1. The van der Waals surface area contributed by atoms with Gasteiger partial charge in [-0.1, -0.05) is 62.4 Å². The number of carboxylic acids is 1. The fourth-order valence-corrected chi connectivity index (χ4v) is 9.38. The SMILES string of the molecule is COC(=O)N[C@H](Cc1c[nH]c2ccccc12)C(=O)N1CCC[C@H]1c1ncc(-c2ccc3nc(-c4ccc(-c5cnc([C@@H]6CCCN6C(=O)[C@H](C(C)C)N(C)C(=O)O)[nH]5)cc4)cnc3c2)[nH]1.O=C(O)C(F)(F)F. The first kappa shape index (κ1) is 50.1. The van der Waals surface area contributed by atoms with Gasteiger partial charge in [-0.3, -0.25) is 19.5 Å². The van der Waals surface area contributed by atoms with E-state index in [1.54, 1.807) is 28.4 Å². The van der Waals surface area contributed by atoms with Gasteiger partial charge in [0.25, 0.3) is 0 Å². The summed E-state index contributed by atoms with van der Waals surface area (Å²) in [5.41, 5.74) is 8.30. The van der Waals surface area contributed by atoms with E-state index in [9.17, 15) is 37.5 Å². The molecule has 0 spiro atoms. The molecular formula is C50H52F3N11O8. The third-order valence-electron chi connectivity index (χ3n) is 13.0. The lowest BCUT2D eigenvalue weighted by Crippen LogP contribution is -2.51. The Morgan fingerprint density at radius 1 is 0.806 bits per heavy atom. The first-order valence-electron chi connectivity index (χ1n) is 23.2. The molecule has 0 aliphatic carbocycles. The molecule has 2 fully saturated rings. The van der Waals surface area contributed by atoms with Crippen LogP contribution in [0.15, 0.2) is 91.5 Å². The molecule has 0 unspecified atom stereocenters. The van der Waals surface area contributed by atoms with Gasteiger partial charge in [0.05, 0.1) is 65.9 Å². The van der Waals surface area contributed by atoms with Gasteiger partial charge in [-0.25, -0.2) is 29.3 Å². The minimum Gasteiger partial charge on any atom is -0.475 e. The number of carbonyl (C=O) groups excluding carboxylic acids is 3. The van der Waals surface area contributed by atoms with Crippen molar-refractivity contribution in [3.05, 3.63) is 109 Å². The van der Waals surface area contributed by atoms with Crippen LogP contribution in [-0.4, -0.2) is 135 Å². The monoisotopic (exact) mass is 991 g/mol. The van der Waals surface area contributed by atoms with Crippen molar-refractivity contribution in [2.45, 2.75) is 76.3 Å². The number of methoxy groups -OCH3 is 1. The lowest BCUT2D eigenvalue weighted by molar-refractivity contribution is -0.192.